The molecule has 128 valence electrons. The summed E-state index contributed by atoms with van der Waals surface area (Å²) in [7, 11) is 1.95. The molecule has 25 heavy (non-hydrogen) atoms. The zero-order valence-electron chi connectivity index (χ0n) is 14.4. The van der Waals surface area contributed by atoms with Crippen LogP contribution in [-0.2, 0) is 26.6 Å². The summed E-state index contributed by atoms with van der Waals surface area (Å²) in [6, 6.07) is 5.83. The Morgan fingerprint density at radius 2 is 2.24 bits per heavy atom. The van der Waals surface area contributed by atoms with Crippen LogP contribution in [0.2, 0.25) is 0 Å². The molecule has 1 N–H and O–H groups in total. The Bertz CT molecular complexity index is 959. The van der Waals surface area contributed by atoms with Crippen LogP contribution in [0.1, 0.15) is 22.6 Å². The van der Waals surface area contributed by atoms with E-state index in [-0.39, 0.29) is 5.56 Å². The summed E-state index contributed by atoms with van der Waals surface area (Å²) < 4.78 is 1.90. The lowest BCUT2D eigenvalue weighted by molar-refractivity contribution is 0.235. The fourth-order valence-corrected chi connectivity index (χ4v) is 3.30. The zero-order valence-corrected chi connectivity index (χ0v) is 14.4. The Balaban J connectivity index is 1.59. The fourth-order valence-electron chi connectivity index (χ4n) is 3.30. The molecule has 3 aromatic rings. The lowest BCUT2D eigenvalue weighted by atomic mass is 10.1. The Morgan fingerprint density at radius 1 is 1.36 bits per heavy atom. The predicted octanol–water partition coefficient (Wildman–Crippen LogP) is 1.43. The van der Waals surface area contributed by atoms with Gasteiger partial charge < -0.3 is 4.98 Å². The van der Waals surface area contributed by atoms with Crippen LogP contribution in [0.4, 0.5) is 0 Å². The number of pyridine rings is 1. The van der Waals surface area contributed by atoms with Gasteiger partial charge in [-0.3, -0.25) is 19.4 Å². The molecule has 0 bridgehead atoms. The van der Waals surface area contributed by atoms with Crippen LogP contribution in [-0.4, -0.2) is 36.2 Å². The molecule has 4 rings (SSSR count). The van der Waals surface area contributed by atoms with E-state index in [4.69, 9.17) is 0 Å². The highest BCUT2D eigenvalue weighted by Crippen LogP contribution is 2.19. The van der Waals surface area contributed by atoms with E-state index in [0.29, 0.717) is 12.4 Å². The van der Waals surface area contributed by atoms with E-state index < -0.39 is 0 Å². The minimum atomic E-state index is -0.0604. The third-order valence-corrected chi connectivity index (χ3v) is 4.57. The quantitative estimate of drug-likeness (QED) is 0.783. The summed E-state index contributed by atoms with van der Waals surface area (Å²) >= 11 is 0. The first kappa shape index (κ1) is 15.7. The van der Waals surface area contributed by atoms with E-state index >= 15 is 0 Å². The number of nitrogens with zero attached hydrogens (tertiary/aromatic N) is 5. The lowest BCUT2D eigenvalue weighted by Gasteiger charge is -2.27. The number of hydrogen-bond acceptors (Lipinski definition) is 5. The number of nitrogens with one attached hydrogen (secondary N) is 1. The molecule has 0 radical (unpaired) electrons. The molecule has 0 spiro atoms. The summed E-state index contributed by atoms with van der Waals surface area (Å²) in [5.74, 6) is 0.590. The zero-order chi connectivity index (χ0) is 17.4. The molecule has 3 aromatic heterocycles. The van der Waals surface area contributed by atoms with E-state index in [1.54, 1.807) is 12.4 Å². The first-order valence-electron chi connectivity index (χ1n) is 8.34. The Kier molecular flexibility index (Phi) is 3.93. The highest BCUT2D eigenvalue weighted by atomic mass is 16.1. The van der Waals surface area contributed by atoms with Gasteiger partial charge in [0.25, 0.3) is 5.56 Å². The maximum Gasteiger partial charge on any atom is 0.255 e. The monoisotopic (exact) mass is 336 g/mol. The molecule has 4 heterocycles. The number of aromatic nitrogens is 5. The highest BCUT2D eigenvalue weighted by Gasteiger charge is 2.22. The summed E-state index contributed by atoms with van der Waals surface area (Å²) in [5, 5.41) is 4.39. The molecule has 0 atom stereocenters. The van der Waals surface area contributed by atoms with Crippen LogP contribution in [0.3, 0.4) is 0 Å². The highest BCUT2D eigenvalue weighted by molar-refractivity contribution is 5.53. The van der Waals surface area contributed by atoms with E-state index in [1.165, 1.54) is 0 Å². The van der Waals surface area contributed by atoms with Crippen molar-refractivity contribution in [3.8, 4) is 11.4 Å². The lowest BCUT2D eigenvalue weighted by Crippen LogP contribution is -2.35. The van der Waals surface area contributed by atoms with Crippen molar-refractivity contribution in [2.75, 3.05) is 6.54 Å². The molecule has 7 heteroatoms. The van der Waals surface area contributed by atoms with Gasteiger partial charge in [0, 0.05) is 51.1 Å². The molecule has 0 saturated heterocycles. The number of aromatic amines is 1. The molecular weight excluding hydrogens is 316 g/mol. The van der Waals surface area contributed by atoms with Crippen molar-refractivity contribution in [2.45, 2.75) is 26.4 Å². The van der Waals surface area contributed by atoms with Crippen LogP contribution in [0, 0.1) is 6.92 Å². The molecule has 0 saturated carbocycles. The standard InChI is InChI=1S/C18H20N6O/c1-12-8-14(23(2)22-12)10-24-7-5-16-15(11-24)18(25)21-17(20-16)13-4-3-6-19-9-13/h3-4,6,8-9H,5,7,10-11H2,1-2H3,(H,20,21,25). The summed E-state index contributed by atoms with van der Waals surface area (Å²) in [4.78, 5) is 26.5. The minimum absolute atomic E-state index is 0.0604. The Labute approximate surface area is 145 Å². The SMILES string of the molecule is Cc1cc(CN2CCc3nc(-c4cccnc4)[nH]c(=O)c3C2)n(C)n1. The van der Waals surface area contributed by atoms with Crippen LogP contribution < -0.4 is 5.56 Å². The average Bonchev–Trinajstić information content (AvgIpc) is 2.93. The summed E-state index contributed by atoms with van der Waals surface area (Å²) in [6.45, 7) is 4.25. The van der Waals surface area contributed by atoms with Gasteiger partial charge in [0.1, 0.15) is 5.82 Å². The summed E-state index contributed by atoms with van der Waals surface area (Å²) in [5.41, 5.74) is 4.58. The van der Waals surface area contributed by atoms with E-state index in [0.717, 1.165) is 47.7 Å². The van der Waals surface area contributed by atoms with Crippen LogP contribution >= 0.6 is 0 Å². The number of H-pyrrole nitrogens is 1. The van der Waals surface area contributed by atoms with Crippen molar-refractivity contribution in [3.05, 3.63) is 63.6 Å². The van der Waals surface area contributed by atoms with Gasteiger partial charge in [-0.25, -0.2) is 4.98 Å². The van der Waals surface area contributed by atoms with Gasteiger partial charge in [-0.15, -0.1) is 0 Å². The van der Waals surface area contributed by atoms with E-state index in [2.05, 4.69) is 31.0 Å². The Morgan fingerprint density at radius 3 is 2.96 bits per heavy atom. The Hall–Kier alpha value is -2.80. The van der Waals surface area contributed by atoms with Gasteiger partial charge in [0.15, 0.2) is 0 Å². The van der Waals surface area contributed by atoms with Gasteiger partial charge in [-0.1, -0.05) is 0 Å². The molecule has 0 aliphatic carbocycles. The van der Waals surface area contributed by atoms with Crippen molar-refractivity contribution in [1.29, 1.82) is 0 Å². The topological polar surface area (TPSA) is 79.7 Å². The van der Waals surface area contributed by atoms with E-state index in [1.807, 2.05) is 30.8 Å². The molecule has 7 nitrogen and oxygen atoms in total. The number of fused-ring (bicyclic) bond motifs is 1. The summed E-state index contributed by atoms with van der Waals surface area (Å²) in [6.07, 6.45) is 4.19. The minimum Gasteiger partial charge on any atom is -0.306 e. The number of rotatable bonds is 3. The van der Waals surface area contributed by atoms with Gasteiger partial charge >= 0.3 is 0 Å². The molecule has 0 amide bonds. The molecule has 0 fully saturated rings. The maximum atomic E-state index is 12.6. The predicted molar refractivity (Wildman–Crippen MR) is 93.9 cm³/mol. The van der Waals surface area contributed by atoms with Gasteiger partial charge in [0.2, 0.25) is 0 Å². The third-order valence-electron chi connectivity index (χ3n) is 4.57. The second kappa shape index (κ2) is 6.25. The second-order valence-corrected chi connectivity index (χ2v) is 6.44. The first-order valence-corrected chi connectivity index (χ1v) is 8.34. The maximum absolute atomic E-state index is 12.6. The largest absolute Gasteiger partial charge is 0.306 e. The molecular formula is C18H20N6O. The van der Waals surface area contributed by atoms with Crippen LogP contribution in [0.15, 0.2) is 35.4 Å². The van der Waals surface area contributed by atoms with E-state index in [9.17, 15) is 4.79 Å². The van der Waals surface area contributed by atoms with Crippen molar-refractivity contribution >= 4 is 0 Å². The number of aryl methyl sites for hydroxylation is 2. The molecule has 1 aliphatic heterocycles. The molecule has 0 aromatic carbocycles. The smallest absolute Gasteiger partial charge is 0.255 e. The van der Waals surface area contributed by atoms with Crippen molar-refractivity contribution in [1.82, 2.24) is 29.6 Å². The van der Waals surface area contributed by atoms with Crippen molar-refractivity contribution in [3.63, 3.8) is 0 Å². The normalized spacial score (nSPS) is 14.5. The fraction of sp³-hybridized carbons (Fsp3) is 0.333. The molecule has 0 unspecified atom stereocenters. The van der Waals surface area contributed by atoms with Gasteiger partial charge in [-0.05, 0) is 25.1 Å². The van der Waals surface area contributed by atoms with Crippen LogP contribution in [0.25, 0.3) is 11.4 Å². The average molecular weight is 336 g/mol. The first-order chi connectivity index (χ1) is 12.1. The second-order valence-electron chi connectivity index (χ2n) is 6.44. The molecule has 1 aliphatic rings. The number of hydrogen-bond donors (Lipinski definition) is 1. The third kappa shape index (κ3) is 3.10. The van der Waals surface area contributed by atoms with Crippen molar-refractivity contribution < 1.29 is 0 Å². The van der Waals surface area contributed by atoms with Crippen LogP contribution in [0.5, 0.6) is 0 Å². The van der Waals surface area contributed by atoms with Gasteiger partial charge in [-0.2, -0.15) is 5.10 Å². The van der Waals surface area contributed by atoms with Crippen molar-refractivity contribution in [2.24, 2.45) is 7.05 Å². The van der Waals surface area contributed by atoms with Gasteiger partial charge in [0.05, 0.1) is 22.6 Å².